The third kappa shape index (κ3) is 6.88. The van der Waals surface area contributed by atoms with Crippen LogP contribution in [0.25, 0.3) is 10.4 Å². The summed E-state index contributed by atoms with van der Waals surface area (Å²) in [7, 11) is 0. The molecule has 5 nitrogen and oxygen atoms in total. The zero-order chi connectivity index (χ0) is 20.0. The summed E-state index contributed by atoms with van der Waals surface area (Å²) in [6.45, 7) is 7.87. The average molecular weight is 410 g/mol. The molecule has 0 aliphatic heterocycles. The lowest BCUT2D eigenvalue weighted by Crippen LogP contribution is -2.41. The number of rotatable bonds is 7. The summed E-state index contributed by atoms with van der Waals surface area (Å²) >= 11 is 7.74. The number of benzene rings is 1. The number of nitrogens with one attached hydrogen (secondary N) is 1. The molecule has 0 atom stereocenters. The highest BCUT2D eigenvalue weighted by atomic mass is 35.5. The van der Waals surface area contributed by atoms with Crippen molar-refractivity contribution < 1.29 is 19.1 Å². The first-order chi connectivity index (χ1) is 12.7. The molecular weight excluding hydrogens is 386 g/mol. The van der Waals surface area contributed by atoms with Gasteiger partial charge in [-0.3, -0.25) is 4.79 Å². The maximum Gasteiger partial charge on any atom is 0.407 e. The molecule has 0 unspecified atom stereocenters. The Kier molecular flexibility index (Phi) is 7.27. The third-order valence-corrected chi connectivity index (χ3v) is 4.96. The molecule has 146 valence electrons. The highest BCUT2D eigenvalue weighted by Gasteiger charge is 2.14. The first-order valence-electron chi connectivity index (χ1n) is 8.64. The van der Waals surface area contributed by atoms with Crippen molar-refractivity contribution in [1.29, 1.82) is 0 Å². The lowest BCUT2D eigenvalue weighted by molar-refractivity contribution is 0.102. The summed E-state index contributed by atoms with van der Waals surface area (Å²) in [4.78, 5) is 24.7. The second-order valence-corrected chi connectivity index (χ2v) is 8.57. The maximum absolute atomic E-state index is 11.5. The molecule has 0 aliphatic rings. The molecule has 0 fully saturated rings. The molecule has 0 radical (unpaired) electrons. The second kappa shape index (κ2) is 9.24. The summed E-state index contributed by atoms with van der Waals surface area (Å²) in [6.07, 6.45) is 0.119. The van der Waals surface area contributed by atoms with Gasteiger partial charge in [0.15, 0.2) is 5.78 Å². The zero-order valence-electron chi connectivity index (χ0n) is 15.9. The minimum absolute atomic E-state index is 0.0516. The van der Waals surface area contributed by atoms with Crippen molar-refractivity contribution >= 4 is 34.8 Å². The molecule has 1 amide bonds. The number of amides is 1. The topological polar surface area (TPSA) is 64.6 Å². The number of carbonyl (C=O) groups is 2. The van der Waals surface area contributed by atoms with E-state index in [0.29, 0.717) is 23.8 Å². The summed E-state index contributed by atoms with van der Waals surface area (Å²) < 4.78 is 10.8. The van der Waals surface area contributed by atoms with Crippen LogP contribution >= 0.6 is 22.9 Å². The normalized spacial score (nSPS) is 11.1. The molecule has 2 aromatic rings. The van der Waals surface area contributed by atoms with Gasteiger partial charge in [0.2, 0.25) is 0 Å². The predicted molar refractivity (Wildman–Crippen MR) is 109 cm³/mol. The Bertz CT molecular complexity index is 811. The molecular formula is C20H24ClNO4S. The molecule has 0 bridgehead atoms. The number of ether oxygens (including phenoxy) is 2. The van der Waals surface area contributed by atoms with Crippen molar-refractivity contribution in [2.75, 3.05) is 13.2 Å². The fourth-order valence-corrected chi connectivity index (χ4v) is 3.33. The van der Waals surface area contributed by atoms with Crippen LogP contribution in [-0.4, -0.2) is 30.6 Å². The number of hydrogen-bond donors (Lipinski definition) is 1. The second-order valence-electron chi connectivity index (χ2n) is 7.08. The molecule has 0 saturated heterocycles. The Morgan fingerprint density at radius 3 is 2.48 bits per heavy atom. The highest BCUT2D eigenvalue weighted by molar-refractivity contribution is 7.17. The summed E-state index contributed by atoms with van der Waals surface area (Å²) in [5.74, 6) is 0.624. The smallest absolute Gasteiger partial charge is 0.407 e. The van der Waals surface area contributed by atoms with Crippen molar-refractivity contribution in [1.82, 2.24) is 5.32 Å². The van der Waals surface area contributed by atoms with E-state index in [1.54, 1.807) is 13.0 Å². The standard InChI is InChI=1S/C20H24ClNO4S/c1-13(23)17-8-9-18(27-17)14-6-7-16(15(21)12-14)25-10-5-11-26-19(24)22-20(2,3)4/h6-9,12H,5,10-11H2,1-4H3,(H,22,24). The van der Waals surface area contributed by atoms with Gasteiger partial charge in [-0.05, 0) is 63.6 Å². The fraction of sp³-hybridized carbons (Fsp3) is 0.400. The van der Waals surface area contributed by atoms with Crippen LogP contribution in [0.1, 0.15) is 43.8 Å². The van der Waals surface area contributed by atoms with Gasteiger partial charge in [0, 0.05) is 16.8 Å². The molecule has 0 spiro atoms. The molecule has 1 aromatic carbocycles. The molecule has 1 heterocycles. The van der Waals surface area contributed by atoms with E-state index >= 15 is 0 Å². The first-order valence-corrected chi connectivity index (χ1v) is 9.83. The van der Waals surface area contributed by atoms with Gasteiger partial charge in [-0.25, -0.2) is 4.79 Å². The largest absolute Gasteiger partial charge is 0.492 e. The van der Waals surface area contributed by atoms with Gasteiger partial charge >= 0.3 is 6.09 Å². The van der Waals surface area contributed by atoms with Crippen molar-refractivity contribution in [2.24, 2.45) is 0 Å². The van der Waals surface area contributed by atoms with Gasteiger partial charge in [0.25, 0.3) is 0 Å². The van der Waals surface area contributed by atoms with Crippen LogP contribution in [0.3, 0.4) is 0 Å². The Labute approximate surface area is 168 Å². The van der Waals surface area contributed by atoms with Gasteiger partial charge < -0.3 is 14.8 Å². The molecule has 0 aliphatic carbocycles. The fourth-order valence-electron chi connectivity index (χ4n) is 2.20. The van der Waals surface area contributed by atoms with E-state index < -0.39 is 6.09 Å². The van der Waals surface area contributed by atoms with Crippen LogP contribution in [0.2, 0.25) is 5.02 Å². The molecule has 1 aromatic heterocycles. The van der Waals surface area contributed by atoms with Crippen LogP contribution in [-0.2, 0) is 4.74 Å². The highest BCUT2D eigenvalue weighted by Crippen LogP contribution is 2.34. The number of ketones is 1. The van der Waals surface area contributed by atoms with Crippen LogP contribution in [0.4, 0.5) is 4.79 Å². The average Bonchev–Trinajstić information content (AvgIpc) is 3.04. The van der Waals surface area contributed by atoms with E-state index in [4.69, 9.17) is 21.1 Å². The van der Waals surface area contributed by atoms with E-state index in [-0.39, 0.29) is 17.9 Å². The Hall–Kier alpha value is -2.05. The Morgan fingerprint density at radius 2 is 1.89 bits per heavy atom. The molecule has 2 rings (SSSR count). The third-order valence-electron chi connectivity index (χ3n) is 3.43. The van der Waals surface area contributed by atoms with Crippen molar-refractivity contribution in [3.63, 3.8) is 0 Å². The quantitative estimate of drug-likeness (QED) is 0.480. The van der Waals surface area contributed by atoms with Gasteiger partial charge in [0.05, 0.1) is 23.1 Å². The van der Waals surface area contributed by atoms with Gasteiger partial charge in [-0.2, -0.15) is 0 Å². The number of carbonyl (C=O) groups excluding carboxylic acids is 2. The number of Topliss-reactive ketones (excluding diaryl/α,β-unsaturated/α-hetero) is 1. The molecule has 0 saturated carbocycles. The van der Waals surface area contributed by atoms with Crippen molar-refractivity contribution in [3.8, 4) is 16.2 Å². The van der Waals surface area contributed by atoms with Crippen LogP contribution in [0, 0.1) is 0 Å². The molecule has 1 N–H and O–H groups in total. The number of thiophene rings is 1. The summed E-state index contributed by atoms with van der Waals surface area (Å²) in [5.41, 5.74) is 0.614. The number of alkyl carbamates (subject to hydrolysis) is 1. The lowest BCUT2D eigenvalue weighted by atomic mass is 10.1. The summed E-state index contributed by atoms with van der Waals surface area (Å²) in [5, 5.41) is 3.22. The van der Waals surface area contributed by atoms with Crippen molar-refractivity contribution in [3.05, 3.63) is 40.2 Å². The summed E-state index contributed by atoms with van der Waals surface area (Å²) in [6, 6.07) is 9.26. The number of hydrogen-bond acceptors (Lipinski definition) is 5. The molecule has 27 heavy (non-hydrogen) atoms. The predicted octanol–water partition coefficient (Wildman–Crippen LogP) is 5.56. The Balaban J connectivity index is 1.82. The zero-order valence-corrected chi connectivity index (χ0v) is 17.5. The van der Waals surface area contributed by atoms with Gasteiger partial charge in [-0.1, -0.05) is 11.6 Å². The number of halogens is 1. The van der Waals surface area contributed by atoms with E-state index in [1.807, 2.05) is 45.0 Å². The minimum Gasteiger partial charge on any atom is -0.492 e. The Morgan fingerprint density at radius 1 is 1.15 bits per heavy atom. The van der Waals surface area contributed by atoms with Crippen molar-refractivity contribution in [2.45, 2.75) is 39.7 Å². The SMILES string of the molecule is CC(=O)c1ccc(-c2ccc(OCCCOC(=O)NC(C)(C)C)c(Cl)c2)s1. The molecule has 7 heteroatoms. The van der Waals surface area contributed by atoms with Crippen LogP contribution in [0.5, 0.6) is 5.75 Å². The first kappa shape index (κ1) is 21.3. The van der Waals surface area contributed by atoms with E-state index in [0.717, 1.165) is 15.3 Å². The maximum atomic E-state index is 11.5. The monoisotopic (exact) mass is 409 g/mol. The van der Waals surface area contributed by atoms with E-state index in [1.165, 1.54) is 11.3 Å². The van der Waals surface area contributed by atoms with Crippen LogP contribution < -0.4 is 10.1 Å². The van der Waals surface area contributed by atoms with E-state index in [2.05, 4.69) is 5.32 Å². The lowest BCUT2D eigenvalue weighted by Gasteiger charge is -2.19. The van der Waals surface area contributed by atoms with Gasteiger partial charge in [0.1, 0.15) is 5.75 Å². The van der Waals surface area contributed by atoms with Gasteiger partial charge in [-0.15, -0.1) is 11.3 Å². The van der Waals surface area contributed by atoms with E-state index in [9.17, 15) is 9.59 Å². The van der Waals surface area contributed by atoms with Crippen LogP contribution in [0.15, 0.2) is 30.3 Å². The minimum atomic E-state index is -0.439.